The fraction of sp³-hybridized carbons (Fsp3) is 0.273. The Hall–Kier alpha value is -2.84. The lowest BCUT2D eigenvalue weighted by Gasteiger charge is -2.18. The molecule has 3 heterocycles. The van der Waals surface area contributed by atoms with Crippen LogP contribution in [0.1, 0.15) is 24.2 Å². The molecule has 0 amide bonds. The lowest BCUT2D eigenvalue weighted by Crippen LogP contribution is -2.22. The van der Waals surface area contributed by atoms with Crippen LogP contribution in [-0.4, -0.2) is 37.8 Å². The molecule has 0 aliphatic carbocycles. The summed E-state index contributed by atoms with van der Waals surface area (Å²) in [6.07, 6.45) is 2.32. The molecule has 5 rings (SSSR count). The zero-order valence-electron chi connectivity index (χ0n) is 17.0. The second-order valence-corrected chi connectivity index (χ2v) is 8.99. The molecule has 1 aliphatic heterocycles. The van der Waals surface area contributed by atoms with Crippen molar-refractivity contribution in [2.24, 2.45) is 0 Å². The number of benzene rings is 2. The van der Waals surface area contributed by atoms with Crippen LogP contribution in [-0.2, 0) is 5.75 Å². The lowest BCUT2D eigenvalue weighted by molar-refractivity contribution is 0.840. The second kappa shape index (κ2) is 8.36. The quantitative estimate of drug-likeness (QED) is 0.453. The summed E-state index contributed by atoms with van der Waals surface area (Å²) in [4.78, 5) is 22.2. The summed E-state index contributed by atoms with van der Waals surface area (Å²) in [5.41, 5.74) is 2.64. The zero-order chi connectivity index (χ0) is 21.4. The molecule has 9 heteroatoms. The highest BCUT2D eigenvalue weighted by atomic mass is 35.5. The van der Waals surface area contributed by atoms with Crippen molar-refractivity contribution in [3.63, 3.8) is 0 Å². The Morgan fingerprint density at radius 3 is 2.65 bits per heavy atom. The zero-order valence-corrected chi connectivity index (χ0v) is 18.6. The number of halogens is 1. The lowest BCUT2D eigenvalue weighted by atomic mass is 10.2. The van der Waals surface area contributed by atoms with E-state index in [2.05, 4.69) is 60.8 Å². The summed E-state index contributed by atoms with van der Waals surface area (Å²) in [6, 6.07) is 13.4. The fourth-order valence-electron chi connectivity index (χ4n) is 3.76. The molecule has 1 N–H and O–H groups in total. The number of nitrogens with zero attached hydrogens (tertiary/aromatic N) is 5. The van der Waals surface area contributed by atoms with E-state index >= 15 is 0 Å². The first kappa shape index (κ1) is 20.1. The van der Waals surface area contributed by atoms with E-state index in [9.17, 15) is 4.79 Å². The van der Waals surface area contributed by atoms with Crippen molar-refractivity contribution in [2.45, 2.75) is 30.7 Å². The van der Waals surface area contributed by atoms with Gasteiger partial charge in [0.15, 0.2) is 5.16 Å². The summed E-state index contributed by atoms with van der Waals surface area (Å²) in [6.45, 7) is 4.03. The number of aromatic nitrogens is 5. The monoisotopic (exact) mass is 452 g/mol. The van der Waals surface area contributed by atoms with E-state index in [1.807, 2.05) is 0 Å². The Bertz CT molecular complexity index is 1290. The number of H-pyrrole nitrogens is 1. The normalized spacial score (nSPS) is 13.9. The SMILES string of the molecule is Cc1ccc(-n2c(SCc3nc4cc(Cl)ccc4c(=O)[nH]3)nnc2N2CCCC2)cc1. The van der Waals surface area contributed by atoms with Crippen LogP contribution in [0.2, 0.25) is 5.02 Å². The van der Waals surface area contributed by atoms with Crippen LogP contribution >= 0.6 is 23.4 Å². The molecular formula is C22H21ClN6OS. The molecule has 158 valence electrons. The molecule has 1 aliphatic rings. The summed E-state index contributed by atoms with van der Waals surface area (Å²) >= 11 is 7.57. The van der Waals surface area contributed by atoms with Crippen LogP contribution in [0.25, 0.3) is 16.6 Å². The molecule has 0 radical (unpaired) electrons. The van der Waals surface area contributed by atoms with Gasteiger partial charge < -0.3 is 9.88 Å². The molecule has 31 heavy (non-hydrogen) atoms. The molecule has 0 bridgehead atoms. The third-order valence-corrected chi connectivity index (χ3v) is 6.53. The molecule has 0 saturated carbocycles. The molecule has 2 aromatic carbocycles. The van der Waals surface area contributed by atoms with Gasteiger partial charge in [-0.05, 0) is 50.1 Å². The Labute approximate surface area is 188 Å². The average Bonchev–Trinajstić information content (AvgIpc) is 3.42. The van der Waals surface area contributed by atoms with Crippen LogP contribution in [0.3, 0.4) is 0 Å². The maximum atomic E-state index is 12.4. The number of nitrogens with one attached hydrogen (secondary N) is 1. The van der Waals surface area contributed by atoms with Crippen LogP contribution < -0.4 is 10.5 Å². The van der Waals surface area contributed by atoms with Gasteiger partial charge in [-0.1, -0.05) is 41.1 Å². The highest BCUT2D eigenvalue weighted by Gasteiger charge is 2.22. The largest absolute Gasteiger partial charge is 0.341 e. The van der Waals surface area contributed by atoms with Crippen molar-refractivity contribution in [3.05, 3.63) is 69.2 Å². The van der Waals surface area contributed by atoms with E-state index in [1.165, 1.54) is 17.3 Å². The van der Waals surface area contributed by atoms with E-state index < -0.39 is 0 Å². The Morgan fingerprint density at radius 2 is 1.87 bits per heavy atom. The maximum Gasteiger partial charge on any atom is 0.258 e. The highest BCUT2D eigenvalue weighted by Crippen LogP contribution is 2.30. The van der Waals surface area contributed by atoms with Gasteiger partial charge in [-0.25, -0.2) is 4.98 Å². The number of thioether (sulfide) groups is 1. The minimum absolute atomic E-state index is 0.171. The number of aryl methyl sites for hydroxylation is 1. The van der Waals surface area contributed by atoms with E-state index in [4.69, 9.17) is 11.6 Å². The molecule has 0 spiro atoms. The highest BCUT2D eigenvalue weighted by molar-refractivity contribution is 7.98. The van der Waals surface area contributed by atoms with Gasteiger partial charge in [-0.15, -0.1) is 10.2 Å². The van der Waals surface area contributed by atoms with E-state index in [0.29, 0.717) is 27.5 Å². The van der Waals surface area contributed by atoms with Crippen LogP contribution in [0, 0.1) is 6.92 Å². The maximum absolute atomic E-state index is 12.4. The van der Waals surface area contributed by atoms with E-state index in [0.717, 1.165) is 42.7 Å². The predicted octanol–water partition coefficient (Wildman–Crippen LogP) is 4.36. The van der Waals surface area contributed by atoms with Crippen molar-refractivity contribution in [1.29, 1.82) is 0 Å². The molecule has 0 atom stereocenters. The molecule has 0 unspecified atom stereocenters. The number of anilines is 1. The Balaban J connectivity index is 1.48. The van der Waals surface area contributed by atoms with Gasteiger partial charge in [0.05, 0.1) is 22.3 Å². The molecule has 1 saturated heterocycles. The van der Waals surface area contributed by atoms with Crippen LogP contribution in [0.5, 0.6) is 0 Å². The standard InChI is InChI=1S/C22H21ClN6OS/c1-14-4-7-16(8-5-14)29-21(28-10-2-3-11-28)26-27-22(29)31-13-19-24-18-12-15(23)6-9-17(18)20(30)25-19/h4-9,12H,2-3,10-11,13H2,1H3,(H,24,25,30). The number of aromatic amines is 1. The summed E-state index contributed by atoms with van der Waals surface area (Å²) in [7, 11) is 0. The Morgan fingerprint density at radius 1 is 1.10 bits per heavy atom. The first-order valence-electron chi connectivity index (χ1n) is 10.2. The third kappa shape index (κ3) is 4.05. The first-order chi connectivity index (χ1) is 15.1. The second-order valence-electron chi connectivity index (χ2n) is 7.61. The number of hydrogen-bond acceptors (Lipinski definition) is 6. The van der Waals surface area contributed by atoms with E-state index in [1.54, 1.807) is 18.2 Å². The third-order valence-electron chi connectivity index (χ3n) is 5.35. The van der Waals surface area contributed by atoms with Crippen molar-refractivity contribution in [3.8, 4) is 5.69 Å². The van der Waals surface area contributed by atoms with Crippen LogP contribution in [0.15, 0.2) is 52.4 Å². The minimum atomic E-state index is -0.171. The predicted molar refractivity (Wildman–Crippen MR) is 124 cm³/mol. The van der Waals surface area contributed by atoms with E-state index in [-0.39, 0.29) is 5.56 Å². The van der Waals surface area contributed by atoms with Gasteiger partial charge in [-0.2, -0.15) is 0 Å². The first-order valence-corrected chi connectivity index (χ1v) is 11.5. The van der Waals surface area contributed by atoms with Crippen LogP contribution in [0.4, 0.5) is 5.95 Å². The smallest absolute Gasteiger partial charge is 0.258 e. The Kier molecular flexibility index (Phi) is 5.41. The van der Waals surface area contributed by atoms with Crippen molar-refractivity contribution < 1.29 is 0 Å². The molecule has 4 aromatic rings. The van der Waals surface area contributed by atoms with Gasteiger partial charge >= 0.3 is 0 Å². The van der Waals surface area contributed by atoms with Gasteiger partial charge in [-0.3, -0.25) is 9.36 Å². The number of fused-ring (bicyclic) bond motifs is 1. The number of hydrogen-bond donors (Lipinski definition) is 1. The van der Waals surface area contributed by atoms with Gasteiger partial charge in [0, 0.05) is 18.1 Å². The summed E-state index contributed by atoms with van der Waals surface area (Å²) in [5.74, 6) is 1.89. The fourth-order valence-corrected chi connectivity index (χ4v) is 4.74. The van der Waals surface area contributed by atoms with Crippen molar-refractivity contribution in [1.82, 2.24) is 24.7 Å². The topological polar surface area (TPSA) is 79.7 Å². The summed E-state index contributed by atoms with van der Waals surface area (Å²) < 4.78 is 2.09. The van der Waals surface area contributed by atoms with Gasteiger partial charge in [0.1, 0.15) is 5.82 Å². The summed E-state index contributed by atoms with van der Waals surface area (Å²) in [5, 5.41) is 10.8. The van der Waals surface area contributed by atoms with Gasteiger partial charge in [0.25, 0.3) is 5.56 Å². The van der Waals surface area contributed by atoms with Crippen molar-refractivity contribution in [2.75, 3.05) is 18.0 Å². The minimum Gasteiger partial charge on any atom is -0.341 e. The molecule has 1 fully saturated rings. The van der Waals surface area contributed by atoms with Gasteiger partial charge in [0.2, 0.25) is 5.95 Å². The molecular weight excluding hydrogens is 432 g/mol. The number of rotatable bonds is 5. The molecule has 2 aromatic heterocycles. The molecule has 7 nitrogen and oxygen atoms in total. The van der Waals surface area contributed by atoms with Crippen molar-refractivity contribution >= 4 is 40.2 Å². The average molecular weight is 453 g/mol.